The Hall–Kier alpha value is -2.04. The van der Waals surface area contributed by atoms with Crippen molar-refractivity contribution in [3.05, 3.63) is 69.2 Å². The minimum atomic E-state index is -0.416. The number of halogens is 2. The first kappa shape index (κ1) is 19.3. The third-order valence-corrected chi connectivity index (χ3v) is 4.36. The Kier molecular flexibility index (Phi) is 6.85. The number of aryl methyl sites for hydroxylation is 1. The van der Waals surface area contributed by atoms with E-state index in [-0.39, 0.29) is 29.1 Å². The molecule has 0 aliphatic carbocycles. The molecule has 2 amide bonds. The van der Waals surface area contributed by atoms with Crippen molar-refractivity contribution in [2.24, 2.45) is 0 Å². The highest BCUT2D eigenvalue weighted by Gasteiger charge is 2.15. The van der Waals surface area contributed by atoms with Crippen molar-refractivity contribution < 1.29 is 9.59 Å². The Labute approximate surface area is 157 Å². The summed E-state index contributed by atoms with van der Waals surface area (Å²) in [5, 5.41) is 6.19. The van der Waals surface area contributed by atoms with Gasteiger partial charge in [0.05, 0.1) is 23.2 Å². The number of carbonyl (C=O) groups excluding carboxylic acids is 2. The molecular formula is C19H20Cl2N2O2. The molecule has 0 heterocycles. The van der Waals surface area contributed by atoms with Crippen LogP contribution in [0.5, 0.6) is 0 Å². The lowest BCUT2D eigenvalue weighted by Gasteiger charge is -2.18. The van der Waals surface area contributed by atoms with Gasteiger partial charge in [-0.15, -0.1) is 0 Å². The molecule has 0 aliphatic rings. The monoisotopic (exact) mass is 378 g/mol. The van der Waals surface area contributed by atoms with Crippen LogP contribution in [0.4, 0.5) is 0 Å². The molecule has 132 valence electrons. The van der Waals surface area contributed by atoms with Crippen LogP contribution in [-0.4, -0.2) is 18.4 Å². The molecule has 0 radical (unpaired) electrons. The van der Waals surface area contributed by atoms with Crippen LogP contribution in [0.25, 0.3) is 0 Å². The van der Waals surface area contributed by atoms with Crippen LogP contribution in [0.1, 0.15) is 40.9 Å². The summed E-state index contributed by atoms with van der Waals surface area (Å²) in [6, 6.07) is 12.5. The Morgan fingerprint density at radius 1 is 1.08 bits per heavy atom. The van der Waals surface area contributed by atoms with Gasteiger partial charge in [-0.1, -0.05) is 60.0 Å². The van der Waals surface area contributed by atoms with Crippen LogP contribution in [0.15, 0.2) is 42.5 Å². The molecule has 0 aliphatic heterocycles. The molecule has 1 unspecified atom stereocenters. The molecule has 0 aromatic heterocycles. The zero-order valence-corrected chi connectivity index (χ0v) is 15.6. The SMILES string of the molecule is CCC(NC(=O)CNC(=O)c1ccc(Cl)cc1Cl)c1ccc(C)cc1. The van der Waals surface area contributed by atoms with Gasteiger partial charge in [0, 0.05) is 5.02 Å². The van der Waals surface area contributed by atoms with Crippen molar-refractivity contribution in [2.75, 3.05) is 6.54 Å². The highest BCUT2D eigenvalue weighted by atomic mass is 35.5. The minimum Gasteiger partial charge on any atom is -0.348 e. The molecule has 2 N–H and O–H groups in total. The maximum atomic E-state index is 12.1. The Morgan fingerprint density at radius 2 is 1.76 bits per heavy atom. The molecule has 0 bridgehead atoms. The number of hydrogen-bond donors (Lipinski definition) is 2. The van der Waals surface area contributed by atoms with Gasteiger partial charge in [0.25, 0.3) is 5.91 Å². The highest BCUT2D eigenvalue weighted by Crippen LogP contribution is 2.21. The molecule has 0 fully saturated rings. The van der Waals surface area contributed by atoms with E-state index in [0.29, 0.717) is 5.02 Å². The summed E-state index contributed by atoms with van der Waals surface area (Å²) in [6.45, 7) is 3.89. The molecule has 1 atom stereocenters. The topological polar surface area (TPSA) is 58.2 Å². The normalized spacial score (nSPS) is 11.7. The van der Waals surface area contributed by atoms with E-state index in [1.165, 1.54) is 12.1 Å². The first-order chi connectivity index (χ1) is 11.9. The zero-order valence-electron chi connectivity index (χ0n) is 14.1. The van der Waals surface area contributed by atoms with Crippen LogP contribution >= 0.6 is 23.2 Å². The quantitative estimate of drug-likeness (QED) is 0.786. The largest absolute Gasteiger partial charge is 0.348 e. The van der Waals surface area contributed by atoms with Gasteiger partial charge in [0.15, 0.2) is 0 Å². The summed E-state index contributed by atoms with van der Waals surface area (Å²) in [5.74, 6) is -0.675. The fourth-order valence-electron chi connectivity index (χ4n) is 2.39. The fourth-order valence-corrected chi connectivity index (χ4v) is 2.89. The number of benzene rings is 2. The van der Waals surface area contributed by atoms with Crippen LogP contribution in [-0.2, 0) is 4.79 Å². The van der Waals surface area contributed by atoms with Crippen LogP contribution in [0.3, 0.4) is 0 Å². The number of carbonyl (C=O) groups is 2. The van der Waals surface area contributed by atoms with E-state index in [4.69, 9.17) is 23.2 Å². The van der Waals surface area contributed by atoms with Crippen molar-refractivity contribution in [3.63, 3.8) is 0 Å². The standard InChI is InChI=1S/C19H20Cl2N2O2/c1-3-17(13-6-4-12(2)5-7-13)23-18(24)11-22-19(25)15-9-8-14(20)10-16(15)21/h4-10,17H,3,11H2,1-2H3,(H,22,25)(H,23,24). The molecule has 4 nitrogen and oxygen atoms in total. The van der Waals surface area contributed by atoms with E-state index < -0.39 is 5.91 Å². The Morgan fingerprint density at radius 3 is 2.36 bits per heavy atom. The van der Waals surface area contributed by atoms with Gasteiger partial charge in [0.1, 0.15) is 0 Å². The van der Waals surface area contributed by atoms with Gasteiger partial charge >= 0.3 is 0 Å². The second kappa shape index (κ2) is 8.88. The average molecular weight is 379 g/mol. The van der Waals surface area contributed by atoms with Crippen LogP contribution in [0, 0.1) is 6.92 Å². The van der Waals surface area contributed by atoms with Crippen LogP contribution in [0.2, 0.25) is 10.0 Å². The lowest BCUT2D eigenvalue weighted by Crippen LogP contribution is -2.38. The third-order valence-electron chi connectivity index (χ3n) is 3.81. The predicted molar refractivity (Wildman–Crippen MR) is 101 cm³/mol. The molecule has 25 heavy (non-hydrogen) atoms. The van der Waals surface area contributed by atoms with Gasteiger partial charge in [-0.25, -0.2) is 0 Å². The zero-order chi connectivity index (χ0) is 18.4. The number of amides is 2. The van der Waals surface area contributed by atoms with Gasteiger partial charge in [-0.3, -0.25) is 9.59 Å². The van der Waals surface area contributed by atoms with E-state index in [1.807, 2.05) is 38.1 Å². The molecule has 0 spiro atoms. The summed E-state index contributed by atoms with van der Waals surface area (Å²) in [5.41, 5.74) is 2.48. The maximum Gasteiger partial charge on any atom is 0.253 e. The second-order valence-electron chi connectivity index (χ2n) is 5.75. The van der Waals surface area contributed by atoms with E-state index in [2.05, 4.69) is 10.6 Å². The number of hydrogen-bond acceptors (Lipinski definition) is 2. The second-order valence-corrected chi connectivity index (χ2v) is 6.59. The summed E-state index contributed by atoms with van der Waals surface area (Å²) < 4.78 is 0. The van der Waals surface area contributed by atoms with Gasteiger partial charge in [0.2, 0.25) is 5.91 Å². The van der Waals surface area contributed by atoms with Gasteiger partial charge in [-0.2, -0.15) is 0 Å². The first-order valence-electron chi connectivity index (χ1n) is 8.00. The predicted octanol–water partition coefficient (Wildman–Crippen LogP) is 4.30. The molecule has 2 aromatic rings. The Bertz CT molecular complexity index is 761. The summed E-state index contributed by atoms with van der Waals surface area (Å²) >= 11 is 11.8. The van der Waals surface area contributed by atoms with E-state index in [1.54, 1.807) is 6.07 Å². The van der Waals surface area contributed by atoms with Gasteiger partial charge in [-0.05, 0) is 37.1 Å². The van der Waals surface area contributed by atoms with Crippen molar-refractivity contribution in [1.82, 2.24) is 10.6 Å². The highest BCUT2D eigenvalue weighted by molar-refractivity contribution is 6.36. The molecule has 0 saturated carbocycles. The van der Waals surface area contributed by atoms with Crippen molar-refractivity contribution >= 4 is 35.0 Å². The number of nitrogens with one attached hydrogen (secondary N) is 2. The maximum absolute atomic E-state index is 12.1. The van der Waals surface area contributed by atoms with E-state index in [0.717, 1.165) is 17.5 Å². The summed E-state index contributed by atoms with van der Waals surface area (Å²) in [7, 11) is 0. The Balaban J connectivity index is 1.92. The molecular weight excluding hydrogens is 359 g/mol. The molecule has 6 heteroatoms. The first-order valence-corrected chi connectivity index (χ1v) is 8.75. The van der Waals surface area contributed by atoms with Gasteiger partial charge < -0.3 is 10.6 Å². The van der Waals surface area contributed by atoms with E-state index in [9.17, 15) is 9.59 Å². The van der Waals surface area contributed by atoms with Crippen molar-refractivity contribution in [2.45, 2.75) is 26.3 Å². The summed E-state index contributed by atoms with van der Waals surface area (Å²) in [4.78, 5) is 24.3. The third kappa shape index (κ3) is 5.48. The average Bonchev–Trinajstić information content (AvgIpc) is 2.58. The lowest BCUT2D eigenvalue weighted by molar-refractivity contribution is -0.120. The molecule has 2 rings (SSSR count). The minimum absolute atomic E-state index is 0.0934. The van der Waals surface area contributed by atoms with Crippen molar-refractivity contribution in [3.8, 4) is 0 Å². The lowest BCUT2D eigenvalue weighted by atomic mass is 10.0. The number of rotatable bonds is 6. The van der Waals surface area contributed by atoms with Crippen LogP contribution < -0.4 is 10.6 Å². The fraction of sp³-hybridized carbons (Fsp3) is 0.263. The van der Waals surface area contributed by atoms with Crippen molar-refractivity contribution in [1.29, 1.82) is 0 Å². The molecule has 2 aromatic carbocycles. The summed E-state index contributed by atoms with van der Waals surface area (Å²) in [6.07, 6.45) is 0.756. The molecule has 0 saturated heterocycles. The van der Waals surface area contributed by atoms with E-state index >= 15 is 0 Å². The smallest absolute Gasteiger partial charge is 0.253 e.